The molecule has 3 aromatic rings. The number of likely N-dealkylation sites (tertiary alicyclic amines) is 1. The Morgan fingerprint density at radius 2 is 2.18 bits per heavy atom. The number of carboxylic acid groups (broad SMARTS) is 1. The molecule has 204 valence electrons. The molecule has 0 bridgehead atoms. The molecule has 12 nitrogen and oxygen atoms in total. The number of carbonyl (C=O) groups is 1. The number of nitriles is 1. The summed E-state index contributed by atoms with van der Waals surface area (Å²) in [4.78, 5) is 26.8. The normalized spacial score (nSPS) is 21.1. The van der Waals surface area contributed by atoms with Gasteiger partial charge in [-0.1, -0.05) is 18.2 Å². The quantitative estimate of drug-likeness (QED) is 0.483. The van der Waals surface area contributed by atoms with Crippen molar-refractivity contribution in [3.05, 3.63) is 41.2 Å². The van der Waals surface area contributed by atoms with Crippen LogP contribution in [-0.4, -0.2) is 99.1 Å². The molecule has 0 radical (unpaired) electrons. The Hall–Kier alpha value is -4.11. The van der Waals surface area contributed by atoms with Gasteiger partial charge in [0.25, 0.3) is 0 Å². The van der Waals surface area contributed by atoms with E-state index in [1.807, 2.05) is 4.90 Å². The first-order chi connectivity index (χ1) is 19.0. The van der Waals surface area contributed by atoms with Crippen LogP contribution in [0.3, 0.4) is 0 Å². The lowest BCUT2D eigenvalue weighted by molar-refractivity contribution is 0.119. The molecular weight excluding hydrogens is 500 g/mol. The number of hydrogen-bond donors (Lipinski definition) is 1. The molecule has 0 aliphatic carbocycles. The third kappa shape index (κ3) is 4.90. The summed E-state index contributed by atoms with van der Waals surface area (Å²) in [5, 5.41) is 23.7. The number of nitrogens with zero attached hydrogens (tertiary/aromatic N) is 8. The van der Waals surface area contributed by atoms with Crippen LogP contribution in [0.2, 0.25) is 0 Å². The van der Waals surface area contributed by atoms with Crippen molar-refractivity contribution in [1.29, 1.82) is 5.26 Å². The molecule has 1 amide bonds. The SMILES string of the molecule is CN1CCC[C@H]1COc1nc(N2CCN(C(=O)O)[C@@H](CC#N)C2)c2ncc(Cc3cccc4c3OCC4)n2n1. The van der Waals surface area contributed by atoms with Crippen LogP contribution in [0.25, 0.3) is 5.65 Å². The second-order valence-corrected chi connectivity index (χ2v) is 10.4. The Kier molecular flexibility index (Phi) is 6.83. The molecule has 3 aliphatic heterocycles. The summed E-state index contributed by atoms with van der Waals surface area (Å²) in [6.07, 6.45) is 4.56. The molecule has 2 aromatic heterocycles. The molecule has 2 atom stereocenters. The highest BCUT2D eigenvalue weighted by Crippen LogP contribution is 2.32. The van der Waals surface area contributed by atoms with Gasteiger partial charge in [0.05, 0.1) is 37.0 Å². The van der Waals surface area contributed by atoms with Crippen LogP contribution in [0.4, 0.5) is 10.6 Å². The van der Waals surface area contributed by atoms with E-state index in [0.717, 1.165) is 42.8 Å². The Morgan fingerprint density at radius 3 is 2.97 bits per heavy atom. The molecule has 12 heteroatoms. The molecule has 0 unspecified atom stereocenters. The largest absolute Gasteiger partial charge is 0.493 e. The van der Waals surface area contributed by atoms with E-state index in [0.29, 0.717) is 50.2 Å². The second kappa shape index (κ2) is 10.6. The van der Waals surface area contributed by atoms with Gasteiger partial charge in [0.2, 0.25) is 0 Å². The minimum absolute atomic E-state index is 0.0976. The van der Waals surface area contributed by atoms with Gasteiger partial charge >= 0.3 is 12.1 Å². The van der Waals surface area contributed by atoms with Crippen molar-refractivity contribution in [1.82, 2.24) is 29.4 Å². The highest BCUT2D eigenvalue weighted by molar-refractivity contribution is 5.68. The first kappa shape index (κ1) is 25.2. The number of benzene rings is 1. The van der Waals surface area contributed by atoms with E-state index >= 15 is 0 Å². The number of rotatable bonds is 7. The summed E-state index contributed by atoms with van der Waals surface area (Å²) in [6.45, 7) is 3.23. The first-order valence-corrected chi connectivity index (χ1v) is 13.4. The number of hydrogen-bond acceptors (Lipinski definition) is 9. The highest BCUT2D eigenvalue weighted by atomic mass is 16.5. The second-order valence-electron chi connectivity index (χ2n) is 10.4. The van der Waals surface area contributed by atoms with Crippen molar-refractivity contribution in [3.63, 3.8) is 0 Å². The number of aromatic nitrogens is 4. The fourth-order valence-corrected chi connectivity index (χ4v) is 5.85. The number of anilines is 1. The van der Waals surface area contributed by atoms with Crippen LogP contribution >= 0.6 is 0 Å². The molecule has 5 heterocycles. The Balaban J connectivity index is 1.35. The summed E-state index contributed by atoms with van der Waals surface area (Å²) >= 11 is 0. The van der Waals surface area contributed by atoms with E-state index in [-0.39, 0.29) is 19.0 Å². The predicted molar refractivity (Wildman–Crippen MR) is 141 cm³/mol. The van der Waals surface area contributed by atoms with E-state index in [9.17, 15) is 15.2 Å². The Labute approximate surface area is 226 Å². The molecule has 1 N–H and O–H groups in total. The third-order valence-electron chi connectivity index (χ3n) is 7.99. The summed E-state index contributed by atoms with van der Waals surface area (Å²) < 4.78 is 13.9. The third-order valence-corrected chi connectivity index (χ3v) is 7.99. The van der Waals surface area contributed by atoms with Gasteiger partial charge in [0.15, 0.2) is 11.5 Å². The average Bonchev–Trinajstić information content (AvgIpc) is 3.68. The molecule has 1 aromatic carbocycles. The fourth-order valence-electron chi connectivity index (χ4n) is 5.85. The molecule has 2 saturated heterocycles. The number of ether oxygens (including phenoxy) is 2. The number of amides is 1. The van der Waals surface area contributed by atoms with Crippen LogP contribution in [0.15, 0.2) is 24.4 Å². The van der Waals surface area contributed by atoms with Crippen LogP contribution in [0.1, 0.15) is 36.1 Å². The minimum Gasteiger partial charge on any atom is -0.493 e. The maximum Gasteiger partial charge on any atom is 0.407 e. The van der Waals surface area contributed by atoms with E-state index in [1.165, 1.54) is 10.5 Å². The first-order valence-electron chi connectivity index (χ1n) is 13.4. The zero-order chi connectivity index (χ0) is 26.9. The summed E-state index contributed by atoms with van der Waals surface area (Å²) in [5.74, 6) is 1.51. The number of piperazine rings is 1. The van der Waals surface area contributed by atoms with Gasteiger partial charge in [-0.15, -0.1) is 5.10 Å². The molecule has 3 aliphatic rings. The van der Waals surface area contributed by atoms with Gasteiger partial charge < -0.3 is 29.3 Å². The van der Waals surface area contributed by atoms with Crippen LogP contribution in [0, 0.1) is 11.3 Å². The van der Waals surface area contributed by atoms with Crippen molar-refractivity contribution >= 4 is 17.6 Å². The van der Waals surface area contributed by atoms with Gasteiger partial charge in [-0.3, -0.25) is 0 Å². The molecule has 6 rings (SSSR count). The van der Waals surface area contributed by atoms with Crippen molar-refractivity contribution in [2.45, 2.75) is 44.2 Å². The maximum absolute atomic E-state index is 11.8. The van der Waals surface area contributed by atoms with Gasteiger partial charge in [-0.2, -0.15) is 10.2 Å². The number of imidazole rings is 1. The van der Waals surface area contributed by atoms with Gasteiger partial charge in [0, 0.05) is 44.1 Å². The summed E-state index contributed by atoms with van der Waals surface area (Å²) in [5.41, 5.74) is 3.73. The topological polar surface area (TPSA) is 132 Å². The van der Waals surface area contributed by atoms with Crippen LogP contribution < -0.4 is 14.4 Å². The maximum atomic E-state index is 11.8. The lowest BCUT2D eigenvalue weighted by Gasteiger charge is -2.39. The smallest absolute Gasteiger partial charge is 0.407 e. The highest BCUT2D eigenvalue weighted by Gasteiger charge is 2.33. The van der Waals surface area contributed by atoms with Crippen LogP contribution in [-0.2, 0) is 12.8 Å². The number of likely N-dealkylation sites (N-methyl/N-ethyl adjacent to an activating group) is 1. The van der Waals surface area contributed by atoms with E-state index in [4.69, 9.17) is 24.5 Å². The predicted octanol–water partition coefficient (Wildman–Crippen LogP) is 2.21. The lowest BCUT2D eigenvalue weighted by Crippen LogP contribution is -2.55. The lowest BCUT2D eigenvalue weighted by atomic mass is 10.0. The fraction of sp³-hybridized carbons (Fsp3) is 0.519. The van der Waals surface area contributed by atoms with E-state index < -0.39 is 12.1 Å². The van der Waals surface area contributed by atoms with Gasteiger partial charge in [-0.25, -0.2) is 14.3 Å². The van der Waals surface area contributed by atoms with Crippen molar-refractivity contribution < 1.29 is 19.4 Å². The number of para-hydroxylation sites is 1. The van der Waals surface area contributed by atoms with Crippen LogP contribution in [0.5, 0.6) is 11.8 Å². The van der Waals surface area contributed by atoms with E-state index in [2.05, 4.69) is 36.2 Å². The summed E-state index contributed by atoms with van der Waals surface area (Å²) in [7, 11) is 2.10. The number of fused-ring (bicyclic) bond motifs is 2. The van der Waals surface area contributed by atoms with Gasteiger partial charge in [0.1, 0.15) is 12.4 Å². The monoisotopic (exact) mass is 532 g/mol. The van der Waals surface area contributed by atoms with Crippen molar-refractivity contribution in [2.24, 2.45) is 0 Å². The van der Waals surface area contributed by atoms with E-state index in [1.54, 1.807) is 10.7 Å². The minimum atomic E-state index is -1.02. The van der Waals surface area contributed by atoms with Crippen molar-refractivity contribution in [3.8, 4) is 17.8 Å². The van der Waals surface area contributed by atoms with Gasteiger partial charge in [-0.05, 0) is 32.0 Å². The zero-order valence-electron chi connectivity index (χ0n) is 22.0. The Bertz CT molecular complexity index is 1420. The average molecular weight is 533 g/mol. The summed E-state index contributed by atoms with van der Waals surface area (Å²) in [6, 6.07) is 8.43. The standard InChI is InChI=1S/C27H32N8O4/c1-32-10-3-6-21(32)17-39-26-30-25(33-11-12-34(27(36)37)20(16-33)7-9-28)24-29-15-22(35(24)31-26)14-19-5-2-4-18-8-13-38-23(18)19/h2,4-5,15,20-21H,3,6-8,10-14,16-17H2,1H3,(H,36,37)/t20-,21-/m0/s1. The molecule has 0 spiro atoms. The van der Waals surface area contributed by atoms with Crippen molar-refractivity contribution in [2.75, 3.05) is 51.3 Å². The zero-order valence-corrected chi connectivity index (χ0v) is 22.0. The Morgan fingerprint density at radius 1 is 1.28 bits per heavy atom. The molecular formula is C27H32N8O4. The molecule has 0 saturated carbocycles. The molecule has 2 fully saturated rings. The molecule has 39 heavy (non-hydrogen) atoms.